The predicted octanol–water partition coefficient (Wildman–Crippen LogP) is 12.2. The first-order chi connectivity index (χ1) is 29.1. The van der Waals surface area contributed by atoms with E-state index in [1.165, 1.54) is 23.8 Å². The number of benzene rings is 5. The van der Waals surface area contributed by atoms with Crippen LogP contribution in [0.1, 0.15) is 127 Å². The number of rotatable bonds is 22. The third-order valence-electron chi connectivity index (χ3n) is 10.5. The number of carbonyl (C=O) groups excluding carboxylic acids is 2. The van der Waals surface area contributed by atoms with Gasteiger partial charge in [-0.05, 0) is 133 Å². The van der Waals surface area contributed by atoms with Crippen LogP contribution in [0.15, 0.2) is 107 Å². The van der Waals surface area contributed by atoms with Gasteiger partial charge in [0.05, 0.1) is 23.5 Å². The van der Waals surface area contributed by atoms with E-state index in [2.05, 4.69) is 53.7 Å². The molecule has 60 heavy (non-hydrogen) atoms. The van der Waals surface area contributed by atoms with Crippen molar-refractivity contribution in [3.05, 3.63) is 142 Å². The smallest absolute Gasteiger partial charge is 0.335 e. The summed E-state index contributed by atoms with van der Waals surface area (Å²) in [6, 6.07) is 29.8. The van der Waals surface area contributed by atoms with Crippen molar-refractivity contribution >= 4 is 40.6 Å². The van der Waals surface area contributed by atoms with Crippen LogP contribution in [0.5, 0.6) is 11.5 Å². The first-order valence-electron chi connectivity index (χ1n) is 21.2. The monoisotopic (exact) mass is 810 g/mol. The maximum Gasteiger partial charge on any atom is 0.335 e. The number of unbranched alkanes of at least 4 members (excludes halogenated alkanes) is 5. The number of carbonyl (C=O) groups is 3. The Kier molecular flexibility index (Phi) is 17.0. The molecule has 1 amide bonds. The molecule has 0 saturated carbocycles. The van der Waals surface area contributed by atoms with Crippen LogP contribution >= 0.6 is 0 Å². The van der Waals surface area contributed by atoms with Gasteiger partial charge in [0.2, 0.25) is 0 Å². The lowest BCUT2D eigenvalue weighted by molar-refractivity contribution is -0.134. The molecule has 0 aliphatic carbocycles. The number of nitrogen functional groups attached to an aromatic ring is 1. The largest absolute Gasteiger partial charge is 0.494 e. The number of carboxylic acid groups (broad SMARTS) is 1. The number of nitrogens with zero attached hydrogens (tertiary/aromatic N) is 2. The van der Waals surface area contributed by atoms with Crippen LogP contribution in [0.3, 0.4) is 0 Å². The molecular formula is C50H58N4O6. The van der Waals surface area contributed by atoms with Crippen LogP contribution in [-0.4, -0.2) is 29.6 Å². The zero-order valence-electron chi connectivity index (χ0n) is 35.4. The van der Waals surface area contributed by atoms with E-state index in [-0.39, 0.29) is 23.3 Å². The van der Waals surface area contributed by atoms with E-state index < -0.39 is 17.8 Å². The normalized spacial score (nSPS) is 11.1. The van der Waals surface area contributed by atoms with Crippen LogP contribution < -0.4 is 20.5 Å². The number of aryl methyl sites for hydroxylation is 4. The van der Waals surface area contributed by atoms with Crippen molar-refractivity contribution in [1.29, 1.82) is 0 Å². The molecule has 5 aromatic rings. The molecule has 0 fully saturated rings. The molecule has 0 atom stereocenters. The summed E-state index contributed by atoms with van der Waals surface area (Å²) in [5.74, 6) is -1.35. The van der Waals surface area contributed by atoms with E-state index in [1.807, 2.05) is 68.4 Å². The number of hydrogen-bond donors (Lipinski definition) is 3. The summed E-state index contributed by atoms with van der Waals surface area (Å²) in [7, 11) is 0. The van der Waals surface area contributed by atoms with E-state index >= 15 is 0 Å². The summed E-state index contributed by atoms with van der Waals surface area (Å²) in [4.78, 5) is 38.6. The molecule has 0 aliphatic heterocycles. The van der Waals surface area contributed by atoms with E-state index in [0.717, 1.165) is 108 Å². The molecule has 5 rings (SSSR count). The molecule has 0 unspecified atom stereocenters. The van der Waals surface area contributed by atoms with Crippen molar-refractivity contribution < 1.29 is 29.0 Å². The molecule has 0 bridgehead atoms. The number of carboxylic acids is 1. The zero-order chi connectivity index (χ0) is 42.9. The number of nitrogens with two attached hydrogens (primary N) is 1. The molecule has 5 aromatic carbocycles. The van der Waals surface area contributed by atoms with Crippen molar-refractivity contribution in [2.24, 2.45) is 10.2 Å². The Hall–Kier alpha value is -6.29. The van der Waals surface area contributed by atoms with Crippen LogP contribution in [0, 0.1) is 0 Å². The summed E-state index contributed by atoms with van der Waals surface area (Å²) in [5, 5.41) is 21.4. The van der Waals surface area contributed by atoms with Crippen LogP contribution in [0.4, 0.5) is 22.7 Å². The first kappa shape index (κ1) is 44.8. The SMILES string of the molecule is CCc1cc(Cc2cc(CC)c(NC(=O)c3cc(OC(=O)CCCCCCCCOc4ccc(N=Nc5ccccc5)cc4)cc(C(=O)O)c3)c(CC)c2)cc(CC)c1N. The number of azo groups is 1. The molecule has 10 nitrogen and oxygen atoms in total. The average molecular weight is 811 g/mol. The Morgan fingerprint density at radius 2 is 1.15 bits per heavy atom. The van der Waals surface area contributed by atoms with Gasteiger partial charge >= 0.3 is 11.9 Å². The van der Waals surface area contributed by atoms with Gasteiger partial charge in [0.1, 0.15) is 11.5 Å². The number of esters is 1. The van der Waals surface area contributed by atoms with Crippen LogP contribution in [0.25, 0.3) is 0 Å². The Morgan fingerprint density at radius 3 is 1.73 bits per heavy atom. The van der Waals surface area contributed by atoms with Gasteiger partial charge in [-0.3, -0.25) is 9.59 Å². The number of anilines is 2. The van der Waals surface area contributed by atoms with Gasteiger partial charge in [-0.1, -0.05) is 95.8 Å². The summed E-state index contributed by atoms with van der Waals surface area (Å²) >= 11 is 0. The second-order valence-corrected chi connectivity index (χ2v) is 14.9. The van der Waals surface area contributed by atoms with Crippen molar-refractivity contribution in [1.82, 2.24) is 0 Å². The minimum Gasteiger partial charge on any atom is -0.494 e. The number of nitrogens with one attached hydrogen (secondary N) is 1. The third-order valence-corrected chi connectivity index (χ3v) is 10.5. The highest BCUT2D eigenvalue weighted by molar-refractivity contribution is 6.07. The van der Waals surface area contributed by atoms with Gasteiger partial charge in [0.25, 0.3) is 5.91 Å². The molecule has 314 valence electrons. The molecule has 0 aromatic heterocycles. The second-order valence-electron chi connectivity index (χ2n) is 14.9. The quantitative estimate of drug-likeness (QED) is 0.0207. The van der Waals surface area contributed by atoms with Crippen LogP contribution in [-0.2, 0) is 36.9 Å². The Balaban J connectivity index is 1.08. The molecule has 0 radical (unpaired) electrons. The lowest BCUT2D eigenvalue weighted by Gasteiger charge is -2.18. The predicted molar refractivity (Wildman–Crippen MR) is 239 cm³/mol. The number of hydrogen-bond acceptors (Lipinski definition) is 8. The Bertz CT molecular complexity index is 2200. The van der Waals surface area contributed by atoms with Crippen molar-refractivity contribution in [2.75, 3.05) is 17.7 Å². The van der Waals surface area contributed by atoms with E-state index in [0.29, 0.717) is 25.9 Å². The fourth-order valence-corrected chi connectivity index (χ4v) is 7.20. The standard InChI is InChI=1S/C50H58N4O6/c1-5-36-27-34(28-37(6-2)47(36)51)26-35-29-38(7-3)48(39(8-4)30-35)52-49(56)40-31-41(50(57)58)33-45(32-40)60-46(55)20-16-11-9-10-12-17-25-59-44-23-21-43(22-24-44)54-53-42-18-14-13-15-19-42/h13-15,18-19,21-24,27-33H,5-12,16-17,20,25-26,51H2,1-4H3,(H,52,56)(H,57,58). The second kappa shape index (κ2) is 22.8. The number of ether oxygens (including phenoxy) is 2. The average Bonchev–Trinajstić information content (AvgIpc) is 3.26. The van der Waals surface area contributed by atoms with Crippen molar-refractivity contribution in [3.63, 3.8) is 0 Å². The van der Waals surface area contributed by atoms with Gasteiger partial charge in [-0.2, -0.15) is 10.2 Å². The summed E-state index contributed by atoms with van der Waals surface area (Å²) in [6.45, 7) is 8.94. The summed E-state index contributed by atoms with van der Waals surface area (Å²) in [5.41, 5.74) is 16.1. The number of amides is 1. The number of aromatic carboxylic acids is 1. The Morgan fingerprint density at radius 1 is 0.617 bits per heavy atom. The summed E-state index contributed by atoms with van der Waals surface area (Å²) < 4.78 is 11.4. The van der Waals surface area contributed by atoms with Crippen LogP contribution in [0.2, 0.25) is 0 Å². The molecule has 10 heteroatoms. The highest BCUT2D eigenvalue weighted by Crippen LogP contribution is 2.30. The molecule has 0 spiro atoms. The minimum atomic E-state index is -1.22. The third kappa shape index (κ3) is 13.1. The maximum atomic E-state index is 13.7. The lowest BCUT2D eigenvalue weighted by Crippen LogP contribution is -2.17. The molecule has 4 N–H and O–H groups in total. The van der Waals surface area contributed by atoms with Gasteiger partial charge in [-0.15, -0.1) is 0 Å². The zero-order valence-corrected chi connectivity index (χ0v) is 35.4. The van der Waals surface area contributed by atoms with Gasteiger partial charge in [0, 0.05) is 23.4 Å². The fourth-order valence-electron chi connectivity index (χ4n) is 7.20. The van der Waals surface area contributed by atoms with Gasteiger partial charge in [0.15, 0.2) is 0 Å². The molecular weight excluding hydrogens is 753 g/mol. The molecule has 0 heterocycles. The first-order valence-corrected chi connectivity index (χ1v) is 21.2. The molecule has 0 aliphatic rings. The van der Waals surface area contributed by atoms with E-state index in [9.17, 15) is 19.5 Å². The lowest BCUT2D eigenvalue weighted by atomic mass is 9.92. The summed E-state index contributed by atoms with van der Waals surface area (Å²) in [6.07, 6.45) is 9.43. The van der Waals surface area contributed by atoms with Crippen molar-refractivity contribution in [3.8, 4) is 11.5 Å². The maximum absolute atomic E-state index is 13.7. The topological polar surface area (TPSA) is 153 Å². The highest BCUT2D eigenvalue weighted by Gasteiger charge is 2.19. The molecule has 0 saturated heterocycles. The fraction of sp³-hybridized carbons (Fsp3) is 0.340. The van der Waals surface area contributed by atoms with Crippen molar-refractivity contribution in [2.45, 2.75) is 105 Å². The highest BCUT2D eigenvalue weighted by atomic mass is 16.5. The Labute approximate surface area is 354 Å². The van der Waals surface area contributed by atoms with Gasteiger partial charge in [-0.25, -0.2) is 4.79 Å². The van der Waals surface area contributed by atoms with E-state index in [4.69, 9.17) is 15.2 Å². The van der Waals surface area contributed by atoms with E-state index in [1.54, 1.807) is 0 Å². The van der Waals surface area contributed by atoms with Gasteiger partial charge < -0.3 is 25.6 Å². The minimum absolute atomic E-state index is 0.0273.